The second kappa shape index (κ2) is 12.6. The molecule has 0 radical (unpaired) electrons. The lowest BCUT2D eigenvalue weighted by atomic mass is 9.86. The number of ether oxygens (including phenoxy) is 1. The molecule has 0 aliphatic carbocycles. The van der Waals surface area contributed by atoms with Crippen LogP contribution in [-0.2, 0) is 28.6 Å². The quantitative estimate of drug-likeness (QED) is 0.127. The second-order valence-electron chi connectivity index (χ2n) is 8.14. The smallest absolute Gasteiger partial charge is 0.340 e. The summed E-state index contributed by atoms with van der Waals surface area (Å²) in [5.41, 5.74) is -0.766. The van der Waals surface area contributed by atoms with E-state index in [-0.39, 0.29) is 31.7 Å². The van der Waals surface area contributed by atoms with Crippen molar-refractivity contribution in [3.63, 3.8) is 0 Å². The minimum absolute atomic E-state index is 0.0767. The van der Waals surface area contributed by atoms with Gasteiger partial charge >= 0.3 is 5.97 Å². The van der Waals surface area contributed by atoms with E-state index in [0.717, 1.165) is 0 Å². The Labute approximate surface area is 200 Å². The van der Waals surface area contributed by atoms with Crippen LogP contribution in [0, 0.1) is 5.41 Å². The Morgan fingerprint density at radius 3 is 2.42 bits per heavy atom. The zero-order chi connectivity index (χ0) is 25.3. The molecule has 2 amide bonds. The van der Waals surface area contributed by atoms with E-state index in [1.54, 1.807) is 19.9 Å². The third-order valence-electron chi connectivity index (χ3n) is 4.12. The maximum absolute atomic E-state index is 12.9. The Hall–Kier alpha value is -1.87. The number of nitrogens with zero attached hydrogens (tertiary/aromatic N) is 1. The Morgan fingerprint density at radius 2 is 1.88 bits per heavy atom. The first-order valence-corrected chi connectivity index (χ1v) is 14.8. The normalized spacial score (nSPS) is 13.6. The van der Waals surface area contributed by atoms with Crippen LogP contribution >= 0.6 is 21.0 Å². The Morgan fingerprint density at radius 1 is 1.21 bits per heavy atom. The maximum atomic E-state index is 12.9. The average Bonchev–Trinajstić information content (AvgIpc) is 2.69. The summed E-state index contributed by atoms with van der Waals surface area (Å²) in [6.45, 7) is 3.14. The first kappa shape index (κ1) is 29.2. The van der Waals surface area contributed by atoms with Gasteiger partial charge in [-0.1, -0.05) is 23.2 Å². The molecule has 0 aromatic carbocycles. The van der Waals surface area contributed by atoms with E-state index in [1.807, 2.05) is 12.5 Å². The van der Waals surface area contributed by atoms with Gasteiger partial charge in [0.15, 0.2) is 6.10 Å². The molecule has 188 valence electrons. The molecule has 1 aromatic rings. The number of amides is 2. The summed E-state index contributed by atoms with van der Waals surface area (Å²) in [4.78, 5) is 41.1. The molecule has 0 saturated heterocycles. The second-order valence-corrected chi connectivity index (χ2v) is 14.9. The number of hydrogen-bond donors (Lipinski definition) is 4. The lowest BCUT2D eigenvalue weighted by molar-refractivity contribution is -0.137. The van der Waals surface area contributed by atoms with Crippen molar-refractivity contribution in [1.29, 1.82) is 0 Å². The number of pyridine rings is 1. The van der Waals surface area contributed by atoms with Crippen LogP contribution in [-0.4, -0.2) is 79.8 Å². The van der Waals surface area contributed by atoms with Gasteiger partial charge in [-0.05, 0) is 24.6 Å². The van der Waals surface area contributed by atoms with E-state index in [4.69, 9.17) is 13.5 Å². The van der Waals surface area contributed by atoms with Gasteiger partial charge in [0.05, 0.1) is 17.9 Å². The van der Waals surface area contributed by atoms with Crippen LogP contribution in [0.25, 0.3) is 0 Å². The highest BCUT2D eigenvalue weighted by Gasteiger charge is 2.40. The first-order valence-electron chi connectivity index (χ1n) is 9.81. The predicted molar refractivity (Wildman–Crippen MR) is 129 cm³/mol. The van der Waals surface area contributed by atoms with Gasteiger partial charge < -0.3 is 19.6 Å². The summed E-state index contributed by atoms with van der Waals surface area (Å²) in [6, 6.07) is 3.07. The van der Waals surface area contributed by atoms with Gasteiger partial charge in [-0.15, -0.1) is 11.7 Å². The van der Waals surface area contributed by atoms with E-state index in [0.29, 0.717) is 0 Å². The molecule has 14 heteroatoms. The van der Waals surface area contributed by atoms with Gasteiger partial charge in [0.2, 0.25) is 5.91 Å². The van der Waals surface area contributed by atoms with Gasteiger partial charge in [0.25, 0.3) is 16.0 Å². The largest absolute Gasteiger partial charge is 0.448 e. The lowest BCUT2D eigenvalue weighted by Gasteiger charge is -2.35. The van der Waals surface area contributed by atoms with E-state index in [9.17, 15) is 22.8 Å². The van der Waals surface area contributed by atoms with Crippen LogP contribution in [0.2, 0.25) is 0 Å². The van der Waals surface area contributed by atoms with Crippen molar-refractivity contribution in [1.82, 2.24) is 15.6 Å². The Bertz CT molecular complexity index is 918. The van der Waals surface area contributed by atoms with Gasteiger partial charge in [0.1, 0.15) is 0 Å². The SMILES string of the molecule is CC(C)(COS(C)(C)S)C(OC(=O)c1cccnc1)C(=O)NCCC(=O)NCCS(=O)(=O)O. The zero-order valence-corrected chi connectivity index (χ0v) is 21.5. The molecular formula is C19H31N3O8S3. The molecule has 0 fully saturated rings. The van der Waals surface area contributed by atoms with Crippen LogP contribution in [0.1, 0.15) is 30.6 Å². The molecule has 11 nitrogen and oxygen atoms in total. The van der Waals surface area contributed by atoms with Crippen molar-refractivity contribution in [3.05, 3.63) is 30.1 Å². The van der Waals surface area contributed by atoms with Gasteiger partial charge in [-0.25, -0.2) is 4.79 Å². The highest BCUT2D eigenvalue weighted by Crippen LogP contribution is 2.47. The Balaban J connectivity index is 2.80. The molecule has 3 N–H and O–H groups in total. The molecule has 1 rings (SSSR count). The summed E-state index contributed by atoms with van der Waals surface area (Å²) in [5.74, 6) is -2.50. The molecular weight excluding hydrogens is 494 g/mol. The minimum atomic E-state index is -4.18. The maximum Gasteiger partial charge on any atom is 0.340 e. The number of aromatic nitrogens is 1. The third-order valence-corrected chi connectivity index (χ3v) is 5.85. The van der Waals surface area contributed by atoms with Crippen LogP contribution in [0.4, 0.5) is 0 Å². The molecule has 0 spiro atoms. The zero-order valence-electron chi connectivity index (χ0n) is 18.9. The van der Waals surface area contributed by atoms with Crippen LogP contribution in [0.3, 0.4) is 0 Å². The third kappa shape index (κ3) is 12.2. The number of esters is 1. The standard InChI is InChI=1S/C19H31N3O8S3/c1-19(2,13-29-32(3,4)31)16(30-18(25)14-6-5-8-20-12-14)17(24)22-9-7-15(23)21-10-11-33(26,27)28/h5-6,8,12,16,31H,7,9-11,13H2,1-4H3,(H,21,23)(H,22,24)(H,26,27,28). The van der Waals surface area contributed by atoms with Crippen LogP contribution in [0.15, 0.2) is 24.5 Å². The van der Waals surface area contributed by atoms with Crippen molar-refractivity contribution in [3.8, 4) is 0 Å². The fourth-order valence-corrected chi connectivity index (χ4v) is 3.51. The van der Waals surface area contributed by atoms with Crippen molar-refractivity contribution in [2.24, 2.45) is 5.41 Å². The van der Waals surface area contributed by atoms with E-state index in [2.05, 4.69) is 27.3 Å². The molecule has 1 atom stereocenters. The highest BCUT2D eigenvalue weighted by molar-refractivity contribution is 8.85. The van der Waals surface area contributed by atoms with Gasteiger partial charge in [-0.2, -0.15) is 8.42 Å². The van der Waals surface area contributed by atoms with Crippen LogP contribution in [0.5, 0.6) is 0 Å². The molecule has 0 aliphatic heterocycles. The Kier molecular flexibility index (Phi) is 11.1. The lowest BCUT2D eigenvalue weighted by Crippen LogP contribution is -2.49. The van der Waals surface area contributed by atoms with E-state index in [1.165, 1.54) is 18.5 Å². The summed E-state index contributed by atoms with van der Waals surface area (Å²) in [5, 5.41) is 4.87. The monoisotopic (exact) mass is 525 g/mol. The molecule has 1 heterocycles. The predicted octanol–water partition coefficient (Wildman–Crippen LogP) is 0.984. The summed E-state index contributed by atoms with van der Waals surface area (Å²) < 4.78 is 41.3. The van der Waals surface area contributed by atoms with Crippen molar-refractivity contribution >= 4 is 48.9 Å². The number of thiol groups is 1. The van der Waals surface area contributed by atoms with Gasteiger partial charge in [-0.3, -0.25) is 19.1 Å². The molecule has 1 aromatic heterocycles. The number of nitrogens with one attached hydrogen (secondary N) is 2. The summed E-state index contributed by atoms with van der Waals surface area (Å²) >= 11 is 4.39. The van der Waals surface area contributed by atoms with Crippen molar-refractivity contribution < 1.29 is 36.3 Å². The molecule has 0 bridgehead atoms. The minimum Gasteiger partial charge on any atom is -0.448 e. The fraction of sp³-hybridized carbons (Fsp3) is 0.579. The summed E-state index contributed by atoms with van der Waals surface area (Å²) in [7, 11) is -5.83. The topological polar surface area (TPSA) is 161 Å². The number of carbonyl (C=O) groups excluding carboxylic acids is 3. The molecule has 1 unspecified atom stereocenters. The fourth-order valence-electron chi connectivity index (χ4n) is 2.40. The van der Waals surface area contributed by atoms with Crippen molar-refractivity contribution in [2.75, 3.05) is 38.0 Å². The van der Waals surface area contributed by atoms with Gasteiger partial charge in [0, 0.05) is 37.3 Å². The number of hydrogen-bond acceptors (Lipinski definition) is 9. The van der Waals surface area contributed by atoms with E-state index >= 15 is 0 Å². The van der Waals surface area contributed by atoms with E-state index < -0.39 is 54.5 Å². The molecule has 0 saturated carbocycles. The highest BCUT2D eigenvalue weighted by atomic mass is 33.1. The first-order chi connectivity index (χ1) is 15.1. The van der Waals surface area contributed by atoms with Crippen LogP contribution < -0.4 is 10.6 Å². The molecule has 0 aliphatic rings. The molecule has 33 heavy (non-hydrogen) atoms. The number of carbonyl (C=O) groups is 3. The summed E-state index contributed by atoms with van der Waals surface area (Å²) in [6.07, 6.45) is 5.04. The average molecular weight is 526 g/mol. The van der Waals surface area contributed by atoms with Crippen molar-refractivity contribution in [2.45, 2.75) is 26.4 Å². The number of rotatable bonds is 13.